The highest BCUT2D eigenvalue weighted by Gasteiger charge is 2.09. The molecule has 2 nitrogen and oxygen atoms in total. The van der Waals surface area contributed by atoms with Gasteiger partial charge in [0.2, 0.25) is 0 Å². The van der Waals surface area contributed by atoms with E-state index in [1.54, 1.807) is 24.3 Å². The fourth-order valence-electron chi connectivity index (χ4n) is 2.29. The van der Waals surface area contributed by atoms with Gasteiger partial charge >= 0.3 is 0 Å². The fraction of sp³-hybridized carbons (Fsp3) is 0.0556. The molecule has 3 aromatic rings. The molecule has 0 atom stereocenters. The zero-order valence-corrected chi connectivity index (χ0v) is 15.2. The van der Waals surface area contributed by atoms with E-state index in [1.165, 1.54) is 18.4 Å². The van der Waals surface area contributed by atoms with Crippen molar-refractivity contribution in [1.29, 1.82) is 0 Å². The molecule has 1 aromatic heterocycles. The third kappa shape index (κ3) is 3.31. The lowest BCUT2D eigenvalue weighted by Gasteiger charge is -2.03. The van der Waals surface area contributed by atoms with Crippen LogP contribution in [0.25, 0.3) is 23.1 Å². The number of rotatable bonds is 2. The number of aryl methyl sites for hydroxylation is 1. The molecule has 0 bridgehead atoms. The van der Waals surface area contributed by atoms with Crippen molar-refractivity contribution < 1.29 is 8.81 Å². The summed E-state index contributed by atoms with van der Waals surface area (Å²) in [6.45, 7) is 1.91. The van der Waals surface area contributed by atoms with E-state index in [4.69, 9.17) is 4.42 Å². The Morgan fingerprint density at radius 3 is 2.57 bits per heavy atom. The maximum atomic E-state index is 13.3. The lowest BCUT2D eigenvalue weighted by Crippen LogP contribution is -2.05. The quantitative estimate of drug-likeness (QED) is 0.496. The number of fused-ring (bicyclic) bond motifs is 1. The van der Waals surface area contributed by atoms with Crippen LogP contribution in [0.1, 0.15) is 16.7 Å². The van der Waals surface area contributed by atoms with Crippen LogP contribution in [0.15, 0.2) is 54.8 Å². The van der Waals surface area contributed by atoms with Crippen molar-refractivity contribution in [2.24, 2.45) is 0 Å². The molecule has 0 unspecified atom stereocenters. The molecule has 3 rings (SSSR count). The third-order valence-electron chi connectivity index (χ3n) is 3.40. The van der Waals surface area contributed by atoms with E-state index in [1.807, 2.05) is 13.0 Å². The van der Waals surface area contributed by atoms with Gasteiger partial charge in [0, 0.05) is 4.47 Å². The van der Waals surface area contributed by atoms with Crippen molar-refractivity contribution in [2.75, 3.05) is 0 Å². The van der Waals surface area contributed by atoms with Crippen molar-refractivity contribution in [3.8, 4) is 0 Å². The molecular weight excluding hydrogens is 427 g/mol. The Morgan fingerprint density at radius 1 is 1.04 bits per heavy atom. The first kappa shape index (κ1) is 16.1. The predicted octanol–water partition coefficient (Wildman–Crippen LogP) is 5.94. The SMILES string of the molecule is Cc1cc(Br)c2occ(C=Cc3cc(F)ccc3Br)c(=O)c2c1. The van der Waals surface area contributed by atoms with E-state index in [2.05, 4.69) is 31.9 Å². The monoisotopic (exact) mass is 436 g/mol. The van der Waals surface area contributed by atoms with E-state index in [9.17, 15) is 9.18 Å². The zero-order chi connectivity index (χ0) is 16.6. The van der Waals surface area contributed by atoms with Gasteiger partial charge in [-0.1, -0.05) is 22.0 Å². The first-order valence-corrected chi connectivity index (χ1v) is 8.39. The summed E-state index contributed by atoms with van der Waals surface area (Å²) in [4.78, 5) is 12.6. The van der Waals surface area contributed by atoms with E-state index in [0.29, 0.717) is 22.1 Å². The molecular formula is C18H11Br2FO2. The molecule has 0 aliphatic rings. The van der Waals surface area contributed by atoms with E-state index in [-0.39, 0.29) is 11.2 Å². The normalized spacial score (nSPS) is 11.5. The molecule has 0 spiro atoms. The summed E-state index contributed by atoms with van der Waals surface area (Å²) in [5, 5.41) is 0.511. The Morgan fingerprint density at radius 2 is 1.78 bits per heavy atom. The lowest BCUT2D eigenvalue weighted by atomic mass is 10.1. The largest absolute Gasteiger partial charge is 0.462 e. The molecule has 0 aliphatic heterocycles. The summed E-state index contributed by atoms with van der Waals surface area (Å²) >= 11 is 6.76. The van der Waals surface area contributed by atoms with Crippen molar-refractivity contribution in [2.45, 2.75) is 6.92 Å². The van der Waals surface area contributed by atoms with E-state index >= 15 is 0 Å². The van der Waals surface area contributed by atoms with Crippen LogP contribution in [0.4, 0.5) is 4.39 Å². The molecule has 2 aromatic carbocycles. The van der Waals surface area contributed by atoms with Crippen LogP contribution in [-0.2, 0) is 0 Å². The standard InChI is InChI=1S/C18H11Br2FO2/c1-10-6-14-17(22)12(9-23-18(14)16(20)7-10)3-2-11-8-13(21)4-5-15(11)19/h2-9H,1H3. The van der Waals surface area contributed by atoms with Crippen LogP contribution >= 0.6 is 31.9 Å². The summed E-state index contributed by atoms with van der Waals surface area (Å²) in [6, 6.07) is 8.07. The van der Waals surface area contributed by atoms with Gasteiger partial charge in [-0.25, -0.2) is 4.39 Å². The Kier molecular flexibility index (Phi) is 4.50. The molecule has 0 fully saturated rings. The summed E-state index contributed by atoms with van der Waals surface area (Å²) in [6.07, 6.45) is 4.71. The maximum Gasteiger partial charge on any atom is 0.199 e. The molecule has 0 amide bonds. The highest BCUT2D eigenvalue weighted by atomic mass is 79.9. The molecule has 5 heteroatoms. The summed E-state index contributed by atoms with van der Waals surface area (Å²) < 4.78 is 20.4. The van der Waals surface area contributed by atoms with E-state index in [0.717, 1.165) is 14.5 Å². The number of hydrogen-bond acceptors (Lipinski definition) is 2. The van der Waals surface area contributed by atoms with Crippen molar-refractivity contribution >= 4 is 55.0 Å². The second-order valence-corrected chi connectivity index (χ2v) is 6.85. The molecule has 0 aliphatic carbocycles. The van der Waals surface area contributed by atoms with Crippen LogP contribution in [0, 0.1) is 12.7 Å². The molecule has 0 N–H and O–H groups in total. The van der Waals surface area contributed by atoms with Crippen LogP contribution < -0.4 is 5.43 Å². The lowest BCUT2D eigenvalue weighted by molar-refractivity contribution is 0.599. The average molecular weight is 438 g/mol. The van der Waals surface area contributed by atoms with Crippen LogP contribution in [0.3, 0.4) is 0 Å². The minimum atomic E-state index is -0.335. The Hall–Kier alpha value is -1.72. The zero-order valence-electron chi connectivity index (χ0n) is 12.1. The Bertz CT molecular complexity index is 990. The van der Waals surface area contributed by atoms with Gasteiger partial charge in [0.25, 0.3) is 0 Å². The van der Waals surface area contributed by atoms with Crippen molar-refractivity contribution in [3.63, 3.8) is 0 Å². The number of hydrogen-bond donors (Lipinski definition) is 0. The maximum absolute atomic E-state index is 13.3. The predicted molar refractivity (Wildman–Crippen MR) is 97.9 cm³/mol. The van der Waals surface area contributed by atoms with Gasteiger partial charge in [0.15, 0.2) is 11.0 Å². The van der Waals surface area contributed by atoms with Crippen molar-refractivity contribution in [1.82, 2.24) is 0 Å². The average Bonchev–Trinajstić information content (AvgIpc) is 2.50. The second-order valence-electron chi connectivity index (χ2n) is 5.14. The number of benzene rings is 2. The smallest absolute Gasteiger partial charge is 0.199 e. The van der Waals surface area contributed by atoms with Crippen LogP contribution in [-0.4, -0.2) is 0 Å². The molecule has 0 radical (unpaired) electrons. The summed E-state index contributed by atoms with van der Waals surface area (Å²) in [7, 11) is 0. The van der Waals surface area contributed by atoms with Crippen LogP contribution in [0.2, 0.25) is 0 Å². The molecule has 116 valence electrons. The highest BCUT2D eigenvalue weighted by Crippen LogP contribution is 2.25. The summed E-state index contributed by atoms with van der Waals surface area (Å²) in [5.41, 5.74) is 2.41. The van der Waals surface area contributed by atoms with Gasteiger partial charge in [-0.05, 0) is 70.4 Å². The minimum Gasteiger partial charge on any atom is -0.462 e. The molecule has 0 saturated carbocycles. The third-order valence-corrected chi connectivity index (χ3v) is 4.71. The molecule has 0 saturated heterocycles. The Balaban J connectivity index is 2.11. The van der Waals surface area contributed by atoms with Gasteiger partial charge < -0.3 is 4.42 Å². The van der Waals surface area contributed by atoms with Gasteiger partial charge in [-0.2, -0.15) is 0 Å². The summed E-state index contributed by atoms with van der Waals surface area (Å²) in [5.74, 6) is -0.335. The Labute approximate surface area is 148 Å². The van der Waals surface area contributed by atoms with Crippen LogP contribution in [0.5, 0.6) is 0 Å². The van der Waals surface area contributed by atoms with E-state index < -0.39 is 0 Å². The van der Waals surface area contributed by atoms with Gasteiger partial charge in [-0.3, -0.25) is 4.79 Å². The molecule has 23 heavy (non-hydrogen) atoms. The number of halogens is 3. The minimum absolute atomic E-state index is 0.126. The first-order valence-electron chi connectivity index (χ1n) is 6.80. The fourth-order valence-corrected chi connectivity index (χ4v) is 3.33. The first-order chi connectivity index (χ1) is 11.0. The van der Waals surface area contributed by atoms with Gasteiger partial charge in [0.1, 0.15) is 12.1 Å². The highest BCUT2D eigenvalue weighted by molar-refractivity contribution is 9.11. The topological polar surface area (TPSA) is 30.2 Å². The molecule has 1 heterocycles. The van der Waals surface area contributed by atoms with Gasteiger partial charge in [0.05, 0.1) is 15.4 Å². The van der Waals surface area contributed by atoms with Crippen molar-refractivity contribution in [3.05, 3.63) is 78.3 Å². The second kappa shape index (κ2) is 6.42. The van der Waals surface area contributed by atoms with Gasteiger partial charge in [-0.15, -0.1) is 0 Å².